The van der Waals surface area contributed by atoms with Gasteiger partial charge in [0.2, 0.25) is 10.0 Å². The number of para-hydroxylation sites is 1. The van der Waals surface area contributed by atoms with Crippen molar-refractivity contribution >= 4 is 37.5 Å². The first-order valence-corrected chi connectivity index (χ1v) is 14.5. The van der Waals surface area contributed by atoms with Gasteiger partial charge < -0.3 is 9.64 Å². The van der Waals surface area contributed by atoms with Gasteiger partial charge in [-0.2, -0.15) is 4.31 Å². The molecule has 3 aromatic rings. The van der Waals surface area contributed by atoms with E-state index in [4.69, 9.17) is 9.72 Å². The number of likely N-dealkylation sites (tertiary alicyclic amines) is 1. The van der Waals surface area contributed by atoms with Crippen molar-refractivity contribution in [2.24, 2.45) is 0 Å². The minimum Gasteiger partial charge on any atom is -0.495 e. The molecule has 5 rings (SSSR count). The number of nitrogens with zero attached hydrogens (tertiary/aromatic N) is 3. The van der Waals surface area contributed by atoms with Crippen molar-refractivity contribution in [3.05, 3.63) is 53.0 Å². The molecule has 0 N–H and O–H groups in total. The van der Waals surface area contributed by atoms with E-state index in [1.165, 1.54) is 17.9 Å². The molecule has 0 saturated carbocycles. The summed E-state index contributed by atoms with van der Waals surface area (Å²) in [5.41, 5.74) is 1.41. The Hall–Kier alpha value is -2.49. The maximum absolute atomic E-state index is 13.5. The number of thiazole rings is 1. The van der Waals surface area contributed by atoms with Crippen LogP contribution in [0.1, 0.15) is 60.3 Å². The van der Waals surface area contributed by atoms with Crippen LogP contribution in [0.25, 0.3) is 10.2 Å². The third kappa shape index (κ3) is 4.69. The quantitative estimate of drug-likeness (QED) is 0.485. The van der Waals surface area contributed by atoms with Gasteiger partial charge in [0, 0.05) is 37.2 Å². The van der Waals surface area contributed by atoms with E-state index in [1.807, 2.05) is 30.0 Å². The van der Waals surface area contributed by atoms with Gasteiger partial charge in [-0.15, -0.1) is 11.3 Å². The second-order valence-corrected chi connectivity index (χ2v) is 12.3. The SMILES string of the molecule is COc1ccc(C(=O)N2CCC(c3nc4ccccc4s3)CC2)cc1S(=O)(=O)N1CCCC[C@H]1C. The molecule has 2 aliphatic heterocycles. The van der Waals surface area contributed by atoms with Gasteiger partial charge in [-0.3, -0.25) is 4.79 Å². The predicted octanol–water partition coefficient (Wildman–Crippen LogP) is 4.89. The Balaban J connectivity index is 1.33. The summed E-state index contributed by atoms with van der Waals surface area (Å²) >= 11 is 1.73. The van der Waals surface area contributed by atoms with Crippen LogP contribution in [0, 0.1) is 0 Å². The molecule has 0 bridgehead atoms. The highest BCUT2D eigenvalue weighted by atomic mass is 32.2. The Bertz CT molecular complexity index is 1300. The van der Waals surface area contributed by atoms with Crippen LogP contribution in [0.15, 0.2) is 47.4 Å². The van der Waals surface area contributed by atoms with Crippen LogP contribution in [0.5, 0.6) is 5.75 Å². The topological polar surface area (TPSA) is 79.8 Å². The van der Waals surface area contributed by atoms with E-state index in [0.29, 0.717) is 31.1 Å². The van der Waals surface area contributed by atoms with Gasteiger partial charge in [0.15, 0.2) is 0 Å². The smallest absolute Gasteiger partial charge is 0.253 e. The molecule has 35 heavy (non-hydrogen) atoms. The lowest BCUT2D eigenvalue weighted by atomic mass is 9.97. The summed E-state index contributed by atoms with van der Waals surface area (Å²) in [5, 5.41) is 1.13. The number of fused-ring (bicyclic) bond motifs is 1. The zero-order valence-corrected chi connectivity index (χ0v) is 21.8. The Morgan fingerprint density at radius 2 is 1.83 bits per heavy atom. The van der Waals surface area contributed by atoms with Crippen molar-refractivity contribution in [2.45, 2.75) is 55.9 Å². The molecule has 2 fully saturated rings. The summed E-state index contributed by atoms with van der Waals surface area (Å²) in [4.78, 5) is 20.1. The second-order valence-electron chi connectivity index (χ2n) is 9.41. The molecule has 1 amide bonds. The predicted molar refractivity (Wildman–Crippen MR) is 138 cm³/mol. The summed E-state index contributed by atoms with van der Waals surface area (Å²) in [6, 6.07) is 12.9. The van der Waals surface area contributed by atoms with Gasteiger partial charge >= 0.3 is 0 Å². The summed E-state index contributed by atoms with van der Waals surface area (Å²) < 4.78 is 35.2. The zero-order valence-electron chi connectivity index (χ0n) is 20.1. The van der Waals surface area contributed by atoms with Crippen LogP contribution in [0.3, 0.4) is 0 Å². The van der Waals surface area contributed by atoms with E-state index in [9.17, 15) is 13.2 Å². The zero-order chi connectivity index (χ0) is 24.6. The number of piperidine rings is 2. The highest BCUT2D eigenvalue weighted by molar-refractivity contribution is 7.89. The van der Waals surface area contributed by atoms with Gasteiger partial charge in [0.25, 0.3) is 5.91 Å². The summed E-state index contributed by atoms with van der Waals surface area (Å²) in [7, 11) is -2.31. The average Bonchev–Trinajstić information content (AvgIpc) is 3.32. The molecule has 0 radical (unpaired) electrons. The Morgan fingerprint density at radius 1 is 1.06 bits per heavy atom. The molecule has 2 saturated heterocycles. The normalized spacial score (nSPS) is 20.3. The van der Waals surface area contributed by atoms with Crippen LogP contribution in [0.4, 0.5) is 0 Å². The Kier molecular flexibility index (Phi) is 6.83. The second kappa shape index (κ2) is 9.87. The number of ether oxygens (including phenoxy) is 1. The van der Waals surface area contributed by atoms with Gasteiger partial charge in [-0.05, 0) is 62.9 Å². The van der Waals surface area contributed by atoms with Crippen molar-refractivity contribution in [3.63, 3.8) is 0 Å². The first kappa shape index (κ1) is 24.2. The molecule has 2 aromatic carbocycles. The van der Waals surface area contributed by atoms with Gasteiger partial charge in [-0.25, -0.2) is 13.4 Å². The lowest BCUT2D eigenvalue weighted by Gasteiger charge is -2.33. The standard InChI is InChI=1S/C26H31N3O4S2/c1-18-7-5-6-14-29(18)35(31,32)24-17-20(10-11-22(24)33-2)26(30)28-15-12-19(13-16-28)25-27-21-8-3-4-9-23(21)34-25/h3-4,8-11,17-19H,5-7,12-16H2,1-2H3/t18-/m1/s1. The molecule has 1 aromatic heterocycles. The first-order chi connectivity index (χ1) is 16.9. The fraction of sp³-hybridized carbons (Fsp3) is 0.462. The molecule has 2 aliphatic rings. The number of rotatable bonds is 5. The van der Waals surface area contributed by atoms with E-state index < -0.39 is 10.0 Å². The third-order valence-corrected chi connectivity index (χ3v) is 10.4. The summed E-state index contributed by atoms with van der Waals surface area (Å²) in [6.07, 6.45) is 4.39. The number of benzene rings is 2. The number of hydrogen-bond acceptors (Lipinski definition) is 6. The molecule has 186 valence electrons. The molecule has 0 unspecified atom stereocenters. The van der Waals surface area contributed by atoms with Crippen molar-refractivity contribution in [3.8, 4) is 5.75 Å². The number of amides is 1. The van der Waals surface area contributed by atoms with Crippen molar-refractivity contribution in [2.75, 3.05) is 26.7 Å². The maximum Gasteiger partial charge on any atom is 0.253 e. The third-order valence-electron chi connectivity index (χ3n) is 7.18. The molecule has 3 heterocycles. The van der Waals surface area contributed by atoms with E-state index >= 15 is 0 Å². The summed E-state index contributed by atoms with van der Waals surface area (Å²) in [6.45, 7) is 3.67. The van der Waals surface area contributed by atoms with Crippen LogP contribution in [-0.4, -0.2) is 61.3 Å². The molecule has 0 aliphatic carbocycles. The fourth-order valence-corrected chi connectivity index (χ4v) is 8.16. The maximum atomic E-state index is 13.5. The van der Waals surface area contributed by atoms with E-state index in [2.05, 4.69) is 6.07 Å². The first-order valence-electron chi connectivity index (χ1n) is 12.2. The Morgan fingerprint density at radius 3 is 2.54 bits per heavy atom. The molecule has 9 heteroatoms. The molecule has 0 spiro atoms. The molecule has 1 atom stereocenters. The van der Waals surface area contributed by atoms with Crippen LogP contribution in [0.2, 0.25) is 0 Å². The number of sulfonamides is 1. The minimum absolute atomic E-state index is 0.0700. The monoisotopic (exact) mass is 513 g/mol. The lowest BCUT2D eigenvalue weighted by Crippen LogP contribution is -2.42. The van der Waals surface area contributed by atoms with Gasteiger partial charge in [0.05, 0.1) is 22.3 Å². The summed E-state index contributed by atoms with van der Waals surface area (Å²) in [5.74, 6) is 0.469. The highest BCUT2D eigenvalue weighted by Crippen LogP contribution is 2.35. The fourth-order valence-electron chi connectivity index (χ4n) is 5.14. The number of carbonyl (C=O) groups is 1. The molecular formula is C26H31N3O4S2. The van der Waals surface area contributed by atoms with Gasteiger partial charge in [0.1, 0.15) is 10.6 Å². The Labute approximate surface area is 210 Å². The van der Waals surface area contributed by atoms with Gasteiger partial charge in [-0.1, -0.05) is 18.6 Å². The van der Waals surface area contributed by atoms with Crippen molar-refractivity contribution in [1.82, 2.24) is 14.2 Å². The number of aromatic nitrogens is 1. The molecular weight excluding hydrogens is 482 g/mol. The van der Waals surface area contributed by atoms with Crippen molar-refractivity contribution in [1.29, 1.82) is 0 Å². The van der Waals surface area contributed by atoms with E-state index in [1.54, 1.807) is 27.8 Å². The van der Waals surface area contributed by atoms with Crippen LogP contribution < -0.4 is 4.74 Å². The number of carbonyl (C=O) groups excluding carboxylic acids is 1. The number of hydrogen-bond donors (Lipinski definition) is 0. The highest BCUT2D eigenvalue weighted by Gasteiger charge is 2.34. The van der Waals surface area contributed by atoms with Crippen LogP contribution in [-0.2, 0) is 10.0 Å². The lowest BCUT2D eigenvalue weighted by molar-refractivity contribution is 0.0712. The number of methoxy groups -OCH3 is 1. The largest absolute Gasteiger partial charge is 0.495 e. The van der Waals surface area contributed by atoms with Crippen molar-refractivity contribution < 1.29 is 17.9 Å². The van der Waals surface area contributed by atoms with Crippen LogP contribution >= 0.6 is 11.3 Å². The minimum atomic E-state index is -3.77. The molecule has 7 nitrogen and oxygen atoms in total. The average molecular weight is 514 g/mol. The van der Waals surface area contributed by atoms with E-state index in [0.717, 1.165) is 42.6 Å². The van der Waals surface area contributed by atoms with E-state index in [-0.39, 0.29) is 22.6 Å².